The number of ether oxygens (including phenoxy) is 1. The fourth-order valence-corrected chi connectivity index (χ4v) is 1.73. The predicted octanol–water partition coefficient (Wildman–Crippen LogP) is 3.34. The van der Waals surface area contributed by atoms with E-state index in [1.54, 1.807) is 24.3 Å². The van der Waals surface area contributed by atoms with Crippen LogP contribution in [0.5, 0.6) is 11.5 Å². The Morgan fingerprint density at radius 1 is 1.06 bits per heavy atom. The van der Waals surface area contributed by atoms with Gasteiger partial charge in [0.1, 0.15) is 11.5 Å². The summed E-state index contributed by atoms with van der Waals surface area (Å²) in [7, 11) is 0. The number of carbonyl (C=O) groups is 1. The van der Waals surface area contributed by atoms with Crippen LogP contribution in [0.15, 0.2) is 53.0 Å². The maximum atomic E-state index is 10.9. The van der Waals surface area contributed by atoms with Crippen LogP contribution in [0.25, 0.3) is 0 Å². The van der Waals surface area contributed by atoms with E-state index in [0.29, 0.717) is 11.3 Å². The first-order chi connectivity index (χ1) is 8.15. The predicted molar refractivity (Wildman–Crippen MR) is 69.2 cm³/mol. The molecule has 0 radical (unpaired) electrons. The van der Waals surface area contributed by atoms with E-state index in [2.05, 4.69) is 15.9 Å². The number of rotatable bonds is 3. The first kappa shape index (κ1) is 11.7. The van der Waals surface area contributed by atoms with Crippen LogP contribution in [-0.2, 0) is 0 Å². The van der Waals surface area contributed by atoms with E-state index in [1.807, 2.05) is 24.3 Å². The molecule has 0 saturated carbocycles. The minimum atomic E-state index is -0.445. The summed E-state index contributed by atoms with van der Waals surface area (Å²) >= 11 is 3.36. The zero-order chi connectivity index (χ0) is 12.3. The van der Waals surface area contributed by atoms with Crippen molar-refractivity contribution in [1.82, 2.24) is 0 Å². The largest absolute Gasteiger partial charge is 0.457 e. The molecule has 0 unspecified atom stereocenters. The van der Waals surface area contributed by atoms with Gasteiger partial charge in [-0.25, -0.2) is 0 Å². The van der Waals surface area contributed by atoms with Gasteiger partial charge < -0.3 is 10.5 Å². The van der Waals surface area contributed by atoms with Gasteiger partial charge in [-0.3, -0.25) is 4.79 Å². The summed E-state index contributed by atoms with van der Waals surface area (Å²) in [6.07, 6.45) is 0. The average Bonchev–Trinajstić information content (AvgIpc) is 2.29. The van der Waals surface area contributed by atoms with Crippen molar-refractivity contribution in [2.24, 2.45) is 5.73 Å². The molecule has 17 heavy (non-hydrogen) atoms. The Morgan fingerprint density at radius 3 is 2.35 bits per heavy atom. The van der Waals surface area contributed by atoms with Gasteiger partial charge in [-0.05, 0) is 42.5 Å². The van der Waals surface area contributed by atoms with Gasteiger partial charge in [0, 0.05) is 10.0 Å². The monoisotopic (exact) mass is 291 g/mol. The number of hydrogen-bond acceptors (Lipinski definition) is 2. The van der Waals surface area contributed by atoms with Crippen molar-refractivity contribution >= 4 is 21.8 Å². The van der Waals surface area contributed by atoms with Crippen molar-refractivity contribution in [3.63, 3.8) is 0 Å². The molecule has 0 atom stereocenters. The molecule has 2 N–H and O–H groups in total. The number of primary amides is 1. The van der Waals surface area contributed by atoms with Crippen molar-refractivity contribution in [2.45, 2.75) is 0 Å². The minimum Gasteiger partial charge on any atom is -0.457 e. The Balaban J connectivity index is 2.16. The maximum absolute atomic E-state index is 10.9. The second-order valence-corrected chi connectivity index (χ2v) is 4.36. The quantitative estimate of drug-likeness (QED) is 0.943. The molecule has 0 aliphatic heterocycles. The van der Waals surface area contributed by atoms with Gasteiger partial charge in [-0.1, -0.05) is 22.0 Å². The molecule has 4 heteroatoms. The van der Waals surface area contributed by atoms with Gasteiger partial charge in [0.2, 0.25) is 5.91 Å². The number of carbonyl (C=O) groups excluding carboxylic acids is 1. The van der Waals surface area contributed by atoms with Gasteiger partial charge in [-0.2, -0.15) is 0 Å². The lowest BCUT2D eigenvalue weighted by Gasteiger charge is -2.06. The normalized spacial score (nSPS) is 9.94. The highest BCUT2D eigenvalue weighted by Gasteiger charge is 2.01. The zero-order valence-electron chi connectivity index (χ0n) is 8.89. The summed E-state index contributed by atoms with van der Waals surface area (Å²) < 4.78 is 6.56. The number of hydrogen-bond donors (Lipinski definition) is 1. The van der Waals surface area contributed by atoms with Gasteiger partial charge in [0.15, 0.2) is 0 Å². The lowest BCUT2D eigenvalue weighted by atomic mass is 10.2. The summed E-state index contributed by atoms with van der Waals surface area (Å²) in [6, 6.07) is 14.2. The summed E-state index contributed by atoms with van der Waals surface area (Å²) in [5.74, 6) is 0.943. The first-order valence-corrected chi connectivity index (χ1v) is 5.78. The van der Waals surface area contributed by atoms with Gasteiger partial charge in [-0.15, -0.1) is 0 Å². The van der Waals surface area contributed by atoms with E-state index in [-0.39, 0.29) is 0 Å². The summed E-state index contributed by atoms with van der Waals surface area (Å²) in [4.78, 5) is 10.9. The molecule has 2 rings (SSSR count). The standard InChI is InChI=1S/C13H10BrNO2/c14-10-2-1-3-12(8-10)17-11-6-4-9(5-7-11)13(15)16/h1-8H,(H2,15,16). The van der Waals surface area contributed by atoms with Crippen molar-refractivity contribution < 1.29 is 9.53 Å². The Morgan fingerprint density at radius 2 is 1.76 bits per heavy atom. The third-order valence-electron chi connectivity index (χ3n) is 2.17. The highest BCUT2D eigenvalue weighted by molar-refractivity contribution is 9.10. The molecule has 86 valence electrons. The molecule has 0 spiro atoms. The lowest BCUT2D eigenvalue weighted by Crippen LogP contribution is -2.10. The minimum absolute atomic E-state index is 0.445. The fraction of sp³-hybridized carbons (Fsp3) is 0. The van der Waals surface area contributed by atoms with Crippen LogP contribution in [0.1, 0.15) is 10.4 Å². The summed E-state index contributed by atoms with van der Waals surface area (Å²) in [5.41, 5.74) is 5.61. The van der Waals surface area contributed by atoms with Crippen molar-refractivity contribution in [3.8, 4) is 11.5 Å². The van der Waals surface area contributed by atoms with Crippen LogP contribution in [-0.4, -0.2) is 5.91 Å². The van der Waals surface area contributed by atoms with E-state index in [0.717, 1.165) is 10.2 Å². The van der Waals surface area contributed by atoms with E-state index in [4.69, 9.17) is 10.5 Å². The molecule has 0 bridgehead atoms. The highest BCUT2D eigenvalue weighted by Crippen LogP contribution is 2.24. The van der Waals surface area contributed by atoms with Crippen LogP contribution in [0.3, 0.4) is 0 Å². The molecular formula is C13H10BrNO2. The molecule has 0 heterocycles. The van der Waals surface area contributed by atoms with Gasteiger partial charge in [0.05, 0.1) is 0 Å². The first-order valence-electron chi connectivity index (χ1n) is 4.98. The third kappa shape index (κ3) is 3.07. The highest BCUT2D eigenvalue weighted by atomic mass is 79.9. The Kier molecular flexibility index (Phi) is 3.44. The molecule has 2 aromatic carbocycles. The van der Waals surface area contributed by atoms with E-state index in [9.17, 15) is 4.79 Å². The van der Waals surface area contributed by atoms with Crippen LogP contribution < -0.4 is 10.5 Å². The smallest absolute Gasteiger partial charge is 0.248 e. The van der Waals surface area contributed by atoms with Crippen molar-refractivity contribution in [1.29, 1.82) is 0 Å². The number of halogens is 1. The van der Waals surface area contributed by atoms with E-state index in [1.165, 1.54) is 0 Å². The zero-order valence-corrected chi connectivity index (χ0v) is 10.5. The van der Waals surface area contributed by atoms with Gasteiger partial charge >= 0.3 is 0 Å². The van der Waals surface area contributed by atoms with Crippen LogP contribution in [0.4, 0.5) is 0 Å². The molecular weight excluding hydrogens is 282 g/mol. The number of nitrogens with two attached hydrogens (primary N) is 1. The second-order valence-electron chi connectivity index (χ2n) is 3.45. The second kappa shape index (κ2) is 5.01. The summed E-state index contributed by atoms with van der Waals surface area (Å²) in [6.45, 7) is 0. The van der Waals surface area contributed by atoms with Crippen LogP contribution >= 0.6 is 15.9 Å². The van der Waals surface area contributed by atoms with E-state index >= 15 is 0 Å². The van der Waals surface area contributed by atoms with E-state index < -0.39 is 5.91 Å². The lowest BCUT2D eigenvalue weighted by molar-refractivity contribution is 0.100. The average molecular weight is 292 g/mol. The molecule has 0 fully saturated rings. The van der Waals surface area contributed by atoms with Gasteiger partial charge in [0.25, 0.3) is 0 Å². The Labute approximate surface area is 107 Å². The Hall–Kier alpha value is -1.81. The molecule has 0 aromatic heterocycles. The molecule has 1 amide bonds. The van der Waals surface area contributed by atoms with Crippen molar-refractivity contribution in [3.05, 3.63) is 58.6 Å². The molecule has 0 saturated heterocycles. The Bertz CT molecular complexity index is 537. The summed E-state index contributed by atoms with van der Waals surface area (Å²) in [5, 5.41) is 0. The fourth-order valence-electron chi connectivity index (χ4n) is 1.35. The number of benzene rings is 2. The van der Waals surface area contributed by atoms with Crippen LogP contribution in [0, 0.1) is 0 Å². The topological polar surface area (TPSA) is 52.3 Å². The molecule has 2 aromatic rings. The SMILES string of the molecule is NC(=O)c1ccc(Oc2cccc(Br)c2)cc1. The third-order valence-corrected chi connectivity index (χ3v) is 2.66. The molecule has 3 nitrogen and oxygen atoms in total. The van der Waals surface area contributed by atoms with Crippen molar-refractivity contribution in [2.75, 3.05) is 0 Å². The van der Waals surface area contributed by atoms with Crippen LogP contribution in [0.2, 0.25) is 0 Å². The number of amides is 1. The molecule has 0 aliphatic carbocycles. The maximum Gasteiger partial charge on any atom is 0.248 e. The molecule has 0 aliphatic rings.